The first-order valence-electron chi connectivity index (χ1n) is 7.36. The highest BCUT2D eigenvalue weighted by atomic mass is 16.5. The van der Waals surface area contributed by atoms with Gasteiger partial charge in [-0.1, -0.05) is 27.7 Å². The molecule has 106 valence electrons. The summed E-state index contributed by atoms with van der Waals surface area (Å²) in [7, 11) is 4.31. The molecule has 0 aromatic rings. The minimum Gasteiger partial charge on any atom is -0.377 e. The van der Waals surface area contributed by atoms with E-state index in [-0.39, 0.29) is 0 Å². The summed E-state index contributed by atoms with van der Waals surface area (Å²) in [6.45, 7) is 11.4. The van der Waals surface area contributed by atoms with E-state index >= 15 is 0 Å². The molecule has 1 heterocycles. The predicted molar refractivity (Wildman–Crippen MR) is 75.7 cm³/mol. The molecule has 18 heavy (non-hydrogen) atoms. The van der Waals surface area contributed by atoms with Crippen molar-refractivity contribution in [3.63, 3.8) is 0 Å². The van der Waals surface area contributed by atoms with Gasteiger partial charge in [-0.2, -0.15) is 0 Å². The maximum atomic E-state index is 5.87. The summed E-state index contributed by atoms with van der Waals surface area (Å²) < 4.78 is 5.87. The summed E-state index contributed by atoms with van der Waals surface area (Å²) in [5.41, 5.74) is 0.292. The lowest BCUT2D eigenvalue weighted by Gasteiger charge is -2.56. The van der Waals surface area contributed by atoms with Gasteiger partial charge in [-0.25, -0.2) is 0 Å². The first-order valence-corrected chi connectivity index (χ1v) is 7.36. The second kappa shape index (κ2) is 5.10. The fourth-order valence-corrected chi connectivity index (χ4v) is 3.74. The highest BCUT2D eigenvalue weighted by Crippen LogP contribution is 2.52. The van der Waals surface area contributed by atoms with Crippen LogP contribution >= 0.6 is 0 Å². The van der Waals surface area contributed by atoms with E-state index in [1.165, 1.54) is 6.42 Å². The van der Waals surface area contributed by atoms with Crippen LogP contribution in [0.4, 0.5) is 0 Å². The third-order valence-corrected chi connectivity index (χ3v) is 4.86. The lowest BCUT2D eigenvalue weighted by molar-refractivity contribution is -0.117. The molecular weight excluding hydrogens is 224 g/mol. The van der Waals surface area contributed by atoms with Gasteiger partial charge in [-0.15, -0.1) is 0 Å². The topological polar surface area (TPSA) is 24.5 Å². The Kier molecular flexibility index (Phi) is 4.05. The quantitative estimate of drug-likeness (QED) is 0.812. The van der Waals surface area contributed by atoms with Gasteiger partial charge >= 0.3 is 0 Å². The largest absolute Gasteiger partial charge is 0.377 e. The van der Waals surface area contributed by atoms with Crippen molar-refractivity contribution in [2.24, 2.45) is 17.3 Å². The molecule has 0 radical (unpaired) electrons. The van der Waals surface area contributed by atoms with Crippen molar-refractivity contribution in [2.45, 2.75) is 52.3 Å². The van der Waals surface area contributed by atoms with Crippen LogP contribution in [-0.2, 0) is 4.74 Å². The minimum atomic E-state index is 0.292. The van der Waals surface area contributed by atoms with Gasteiger partial charge in [0.2, 0.25) is 0 Å². The molecule has 0 spiro atoms. The van der Waals surface area contributed by atoms with Crippen molar-refractivity contribution in [3.8, 4) is 0 Å². The van der Waals surface area contributed by atoms with E-state index in [0.717, 1.165) is 19.1 Å². The van der Waals surface area contributed by atoms with Gasteiger partial charge in [-0.05, 0) is 26.4 Å². The Morgan fingerprint density at radius 1 is 1.33 bits per heavy atom. The van der Waals surface area contributed by atoms with Crippen LogP contribution in [0.3, 0.4) is 0 Å². The fraction of sp³-hybridized carbons (Fsp3) is 1.00. The van der Waals surface area contributed by atoms with Crippen molar-refractivity contribution in [3.05, 3.63) is 0 Å². The zero-order valence-corrected chi connectivity index (χ0v) is 12.9. The van der Waals surface area contributed by atoms with Crippen LogP contribution in [-0.4, -0.2) is 50.3 Å². The van der Waals surface area contributed by atoms with E-state index in [1.54, 1.807) is 0 Å². The Balaban J connectivity index is 1.98. The van der Waals surface area contributed by atoms with Gasteiger partial charge in [0.15, 0.2) is 0 Å². The van der Waals surface area contributed by atoms with Crippen LogP contribution in [0.25, 0.3) is 0 Å². The van der Waals surface area contributed by atoms with Crippen LogP contribution in [0, 0.1) is 17.3 Å². The van der Waals surface area contributed by atoms with Gasteiger partial charge in [0, 0.05) is 36.6 Å². The molecular formula is C15H30N2O. The lowest BCUT2D eigenvalue weighted by atomic mass is 9.57. The normalized spacial score (nSPS) is 35.7. The van der Waals surface area contributed by atoms with Gasteiger partial charge in [0.05, 0.1) is 6.10 Å². The van der Waals surface area contributed by atoms with E-state index in [2.05, 4.69) is 52.0 Å². The number of nitrogens with zero attached hydrogens (tertiary/aromatic N) is 1. The third kappa shape index (κ3) is 2.45. The van der Waals surface area contributed by atoms with Crippen LogP contribution in [0.5, 0.6) is 0 Å². The Hall–Kier alpha value is -0.120. The number of fused-ring (bicyclic) bond motifs is 1. The molecule has 1 saturated carbocycles. The van der Waals surface area contributed by atoms with E-state index in [4.69, 9.17) is 4.74 Å². The molecule has 0 amide bonds. The van der Waals surface area contributed by atoms with E-state index in [9.17, 15) is 0 Å². The molecule has 4 atom stereocenters. The van der Waals surface area contributed by atoms with Gasteiger partial charge in [0.1, 0.15) is 0 Å². The van der Waals surface area contributed by atoms with Gasteiger partial charge in [-0.3, -0.25) is 0 Å². The molecule has 1 aliphatic heterocycles. The fourth-order valence-electron chi connectivity index (χ4n) is 3.74. The Labute approximate surface area is 112 Å². The molecule has 4 unspecified atom stereocenters. The number of nitrogens with one attached hydrogen (secondary N) is 1. The number of hydrogen-bond donors (Lipinski definition) is 1. The predicted octanol–water partition coefficient (Wildman–Crippen LogP) is 1.98. The highest BCUT2D eigenvalue weighted by molar-refractivity contribution is 5.12. The number of ether oxygens (including phenoxy) is 1. The zero-order valence-electron chi connectivity index (χ0n) is 12.9. The molecule has 0 aromatic heterocycles. The first-order chi connectivity index (χ1) is 8.34. The summed E-state index contributed by atoms with van der Waals surface area (Å²) >= 11 is 0. The Bertz CT molecular complexity index is 288. The first kappa shape index (κ1) is 14.3. The second-order valence-electron chi connectivity index (χ2n) is 7.32. The van der Waals surface area contributed by atoms with Crippen molar-refractivity contribution < 1.29 is 4.74 Å². The Morgan fingerprint density at radius 2 is 2.00 bits per heavy atom. The molecule has 2 aliphatic rings. The summed E-state index contributed by atoms with van der Waals surface area (Å²) in [6, 6.07) is 1.20. The molecule has 3 nitrogen and oxygen atoms in total. The van der Waals surface area contributed by atoms with Crippen molar-refractivity contribution in [1.82, 2.24) is 10.2 Å². The molecule has 1 aliphatic carbocycles. The summed E-state index contributed by atoms with van der Waals surface area (Å²) in [5.74, 6) is 1.41. The number of likely N-dealkylation sites (N-methyl/N-ethyl adjacent to an activating group) is 1. The van der Waals surface area contributed by atoms with Crippen LogP contribution in [0.2, 0.25) is 0 Å². The minimum absolute atomic E-state index is 0.292. The van der Waals surface area contributed by atoms with E-state index in [1.807, 2.05) is 0 Å². The Morgan fingerprint density at radius 3 is 2.56 bits per heavy atom. The second-order valence-corrected chi connectivity index (χ2v) is 7.32. The van der Waals surface area contributed by atoms with Crippen LogP contribution in [0.15, 0.2) is 0 Å². The molecule has 0 bridgehead atoms. The molecule has 2 fully saturated rings. The van der Waals surface area contributed by atoms with Crippen LogP contribution < -0.4 is 5.32 Å². The van der Waals surface area contributed by atoms with Gasteiger partial charge in [0.25, 0.3) is 0 Å². The van der Waals surface area contributed by atoms with E-state index in [0.29, 0.717) is 29.5 Å². The zero-order chi connectivity index (χ0) is 13.5. The maximum Gasteiger partial charge on any atom is 0.0685 e. The number of hydrogen-bond acceptors (Lipinski definition) is 3. The molecule has 3 heteroatoms. The average molecular weight is 254 g/mol. The van der Waals surface area contributed by atoms with Crippen molar-refractivity contribution in [2.75, 3.05) is 27.2 Å². The average Bonchev–Trinajstić information content (AvgIpc) is 2.69. The van der Waals surface area contributed by atoms with E-state index < -0.39 is 0 Å². The maximum absolute atomic E-state index is 5.87. The summed E-state index contributed by atoms with van der Waals surface area (Å²) in [4.78, 5) is 2.28. The molecule has 1 N–H and O–H groups in total. The smallest absolute Gasteiger partial charge is 0.0685 e. The lowest BCUT2D eigenvalue weighted by Crippen LogP contribution is -2.68. The SMILES string of the molecule is CC(C)C(CN(C)C)NC1C2CCOC2C1(C)C. The standard InChI is InChI=1S/C15H30N2O/c1-10(2)12(9-17(5)6)16-13-11-7-8-18-14(11)15(13,3)4/h10-14,16H,7-9H2,1-6H3. The molecule has 0 aromatic carbocycles. The van der Waals surface area contributed by atoms with Crippen molar-refractivity contribution in [1.29, 1.82) is 0 Å². The monoisotopic (exact) mass is 254 g/mol. The van der Waals surface area contributed by atoms with Crippen LogP contribution in [0.1, 0.15) is 34.1 Å². The summed E-state index contributed by atoms with van der Waals surface area (Å²) in [5, 5.41) is 3.92. The summed E-state index contributed by atoms with van der Waals surface area (Å²) in [6.07, 6.45) is 1.72. The number of rotatable bonds is 5. The molecule has 1 saturated heterocycles. The third-order valence-electron chi connectivity index (χ3n) is 4.86. The molecule has 2 rings (SSSR count). The van der Waals surface area contributed by atoms with Gasteiger partial charge < -0.3 is 15.0 Å². The van der Waals surface area contributed by atoms with Crippen molar-refractivity contribution >= 4 is 0 Å². The highest BCUT2D eigenvalue weighted by Gasteiger charge is 2.59.